The fraction of sp³-hybridized carbons (Fsp3) is 1.00. The first-order valence-electron chi connectivity index (χ1n) is 26.2. The summed E-state index contributed by atoms with van der Waals surface area (Å²) in [6.45, 7) is 7.09. The van der Waals surface area contributed by atoms with Gasteiger partial charge in [-0.3, -0.25) is 0 Å². The monoisotopic (exact) mass is 1020 g/mol. The molecule has 22 heteroatoms. The molecule has 13 N–H and O–H groups in total. The van der Waals surface area contributed by atoms with Gasteiger partial charge >= 0.3 is 0 Å². The predicted molar refractivity (Wildman–Crippen MR) is 240 cm³/mol. The molecule has 5 heterocycles. The van der Waals surface area contributed by atoms with Crippen molar-refractivity contribution in [2.45, 2.75) is 221 Å². The molecule has 9 rings (SSSR count). The average molecular weight is 1020 g/mol. The van der Waals surface area contributed by atoms with Gasteiger partial charge in [-0.15, -0.1) is 0 Å². The van der Waals surface area contributed by atoms with Crippen molar-refractivity contribution >= 4 is 0 Å². The quantitative estimate of drug-likeness (QED) is 0.0789. The molecule has 22 nitrogen and oxygen atoms in total. The zero-order valence-corrected chi connectivity index (χ0v) is 41.2. The van der Waals surface area contributed by atoms with Crippen LogP contribution >= 0.6 is 0 Å². The highest BCUT2D eigenvalue weighted by Crippen LogP contribution is 2.71. The molecule has 0 radical (unpaired) electrons. The third kappa shape index (κ3) is 10.0. The van der Waals surface area contributed by atoms with Crippen LogP contribution in [0.4, 0.5) is 0 Å². The summed E-state index contributed by atoms with van der Waals surface area (Å²) >= 11 is 0. The van der Waals surface area contributed by atoms with Crippen LogP contribution in [0.2, 0.25) is 0 Å². The van der Waals surface area contributed by atoms with Gasteiger partial charge in [-0.05, 0) is 104 Å². The first-order chi connectivity index (χ1) is 33.6. The van der Waals surface area contributed by atoms with Crippen molar-refractivity contribution < 1.29 is 109 Å². The largest absolute Gasteiger partial charge is 0.394 e. The maximum atomic E-state index is 12.1. The normalized spacial score (nSPS) is 55.7. The molecule has 0 spiro atoms. The molecule has 4 saturated carbocycles. The molecule has 0 aromatic carbocycles. The maximum Gasteiger partial charge on any atom is 0.187 e. The van der Waals surface area contributed by atoms with E-state index in [2.05, 4.69) is 20.8 Å². The molecule has 9 fully saturated rings. The van der Waals surface area contributed by atoms with E-state index in [9.17, 15) is 66.4 Å². The third-order valence-electron chi connectivity index (χ3n) is 19.3. The Hall–Kier alpha value is -0.880. The Kier molecular flexibility index (Phi) is 16.6. The summed E-state index contributed by atoms with van der Waals surface area (Å²) in [5.74, 6) is 0.330. The fourth-order valence-corrected chi connectivity index (χ4v) is 15.1. The molecule has 0 unspecified atom stereocenters. The van der Waals surface area contributed by atoms with Crippen molar-refractivity contribution in [3.05, 3.63) is 0 Å². The van der Waals surface area contributed by atoms with Gasteiger partial charge in [-0.1, -0.05) is 27.7 Å². The van der Waals surface area contributed by atoms with E-state index in [1.807, 2.05) is 6.92 Å². The van der Waals surface area contributed by atoms with Gasteiger partial charge in [0.05, 0.1) is 45.2 Å². The van der Waals surface area contributed by atoms with E-state index < -0.39 is 130 Å². The molecule has 410 valence electrons. The number of hydrogen-bond acceptors (Lipinski definition) is 22. The Balaban J connectivity index is 0.821. The molecule has 0 bridgehead atoms. The summed E-state index contributed by atoms with van der Waals surface area (Å²) in [4.78, 5) is 0. The number of fused-ring (bicyclic) bond motifs is 7. The van der Waals surface area contributed by atoms with E-state index in [0.29, 0.717) is 49.4 Å². The standard InChI is InChI=1S/C49H82O22/c1-20(17-63-43-39(60)36(57)35(56)30(15-50)67-43)7-12-49(62)21(2)32-29(71-49)14-26-24-6-5-22-13-23(8-10-47(22,3)25(24)9-11-48(26,32)4)66-46-42(70-45-38(59)34(55)28(53)19-65-45)40(61)41(31(16-51)68-46)69-44-37(58)33(54)27(52)18-64-44/h20-46,50-62H,5-19H2,1-4H3/t20-,21-,22+,23-,24+,25-,26-,27+,28+,29-,30+,31+,32-,33-,34-,35+,36-,37+,38+,39+,40-,41+,42+,43+,44-,45-,46+,47-,48-,49+/m0/s1. The first kappa shape index (κ1) is 54.9. The highest BCUT2D eigenvalue weighted by molar-refractivity contribution is 5.15. The Labute approximate surface area is 414 Å². The second-order valence-corrected chi connectivity index (χ2v) is 23.4. The molecule has 0 aromatic heterocycles. The molecule has 30 atom stereocenters. The van der Waals surface area contributed by atoms with Gasteiger partial charge in [0, 0.05) is 12.3 Å². The zero-order chi connectivity index (χ0) is 51.1. The van der Waals surface area contributed by atoms with Gasteiger partial charge in [-0.2, -0.15) is 0 Å². The van der Waals surface area contributed by atoms with Gasteiger partial charge in [0.2, 0.25) is 0 Å². The molecule has 71 heavy (non-hydrogen) atoms. The van der Waals surface area contributed by atoms with Crippen molar-refractivity contribution in [2.75, 3.05) is 33.0 Å². The van der Waals surface area contributed by atoms with Gasteiger partial charge in [-0.25, -0.2) is 0 Å². The van der Waals surface area contributed by atoms with Crippen LogP contribution < -0.4 is 0 Å². The summed E-state index contributed by atoms with van der Waals surface area (Å²) in [6.07, 6.45) is -18.8. The molecule has 4 aliphatic carbocycles. The van der Waals surface area contributed by atoms with Crippen LogP contribution in [-0.4, -0.2) is 228 Å². The lowest BCUT2D eigenvalue weighted by molar-refractivity contribution is -0.382. The number of aliphatic hydroxyl groups is 13. The van der Waals surface area contributed by atoms with Gasteiger partial charge < -0.3 is 109 Å². The lowest BCUT2D eigenvalue weighted by atomic mass is 9.44. The number of aliphatic hydroxyl groups excluding tert-OH is 12. The van der Waals surface area contributed by atoms with E-state index in [4.69, 9.17) is 42.6 Å². The Bertz CT molecular complexity index is 1770. The summed E-state index contributed by atoms with van der Waals surface area (Å²) in [6, 6.07) is 0. The lowest BCUT2D eigenvalue weighted by Gasteiger charge is -2.61. The molecule has 9 aliphatic rings. The van der Waals surface area contributed by atoms with Crippen LogP contribution in [0.15, 0.2) is 0 Å². The van der Waals surface area contributed by atoms with Crippen molar-refractivity contribution in [1.29, 1.82) is 0 Å². The topological polar surface area (TPSA) is 346 Å². The minimum Gasteiger partial charge on any atom is -0.394 e. The smallest absolute Gasteiger partial charge is 0.187 e. The Morgan fingerprint density at radius 1 is 0.606 bits per heavy atom. The maximum absolute atomic E-state index is 12.1. The van der Waals surface area contributed by atoms with Gasteiger partial charge in [0.15, 0.2) is 30.9 Å². The van der Waals surface area contributed by atoms with Crippen LogP contribution in [0.1, 0.15) is 91.9 Å². The van der Waals surface area contributed by atoms with Crippen LogP contribution in [-0.2, 0) is 42.6 Å². The first-order valence-corrected chi connectivity index (χ1v) is 26.2. The fourth-order valence-electron chi connectivity index (χ4n) is 15.1. The van der Waals surface area contributed by atoms with E-state index in [1.54, 1.807) is 0 Å². The molecular formula is C49H82O22. The SMILES string of the molecule is C[C@@H](CC[C@@]1(O)O[C@H]2C[C@H]3[C@@H]4CC[C@@H]5C[C@@H](O[C@@H]6O[C@H](CO)[C@@H](O[C@@H]7OC[C@@H](O)[C@H](O)[C@H]7O)[C@H](O)[C@H]6O[C@@H]6OC[C@@H](O)[C@H](O)[C@H]6O)CC[C@]5(C)[C@H]4CC[C@]3(C)[C@H]2[C@@H]1C)CO[C@@H]1O[C@H](CO)[C@@H](O)[C@H](O)[C@H]1O. The van der Waals surface area contributed by atoms with E-state index in [-0.39, 0.29) is 60.6 Å². The Morgan fingerprint density at radius 2 is 1.21 bits per heavy atom. The molecular weight excluding hydrogens is 941 g/mol. The average Bonchev–Trinajstić information content (AvgIpc) is 3.79. The second-order valence-electron chi connectivity index (χ2n) is 23.4. The van der Waals surface area contributed by atoms with Crippen molar-refractivity contribution in [2.24, 2.45) is 52.3 Å². The minimum atomic E-state index is -1.72. The lowest BCUT2D eigenvalue weighted by Crippen LogP contribution is -2.66. The summed E-state index contributed by atoms with van der Waals surface area (Å²) in [7, 11) is 0. The molecule has 0 aromatic rings. The summed E-state index contributed by atoms with van der Waals surface area (Å²) < 4.78 is 54.0. The Morgan fingerprint density at radius 3 is 1.86 bits per heavy atom. The van der Waals surface area contributed by atoms with Crippen LogP contribution in [0.5, 0.6) is 0 Å². The third-order valence-corrected chi connectivity index (χ3v) is 19.3. The van der Waals surface area contributed by atoms with Crippen molar-refractivity contribution in [1.82, 2.24) is 0 Å². The van der Waals surface area contributed by atoms with E-state index in [0.717, 1.165) is 38.5 Å². The van der Waals surface area contributed by atoms with E-state index in [1.165, 1.54) is 0 Å². The van der Waals surface area contributed by atoms with Gasteiger partial charge in [0.1, 0.15) is 85.5 Å². The summed E-state index contributed by atoms with van der Waals surface area (Å²) in [5, 5.41) is 137. The molecule has 0 amide bonds. The van der Waals surface area contributed by atoms with Crippen molar-refractivity contribution in [3.63, 3.8) is 0 Å². The minimum absolute atomic E-state index is 0.00817. The zero-order valence-electron chi connectivity index (χ0n) is 41.2. The predicted octanol–water partition coefficient (Wildman–Crippen LogP) is -2.68. The molecule has 5 saturated heterocycles. The number of hydrogen-bond donors (Lipinski definition) is 13. The second kappa shape index (κ2) is 21.5. The molecule has 5 aliphatic heterocycles. The van der Waals surface area contributed by atoms with Crippen LogP contribution in [0, 0.1) is 52.3 Å². The van der Waals surface area contributed by atoms with Crippen molar-refractivity contribution in [3.8, 4) is 0 Å². The van der Waals surface area contributed by atoms with Crippen LogP contribution in [0.25, 0.3) is 0 Å². The highest BCUT2D eigenvalue weighted by atomic mass is 16.8. The summed E-state index contributed by atoms with van der Waals surface area (Å²) in [5.41, 5.74) is -0.0175. The van der Waals surface area contributed by atoms with E-state index >= 15 is 0 Å². The number of rotatable bonds is 14. The van der Waals surface area contributed by atoms with Crippen LogP contribution in [0.3, 0.4) is 0 Å². The number of ether oxygens (including phenoxy) is 9. The van der Waals surface area contributed by atoms with Gasteiger partial charge in [0.25, 0.3) is 0 Å². The highest BCUT2D eigenvalue weighted by Gasteiger charge is 2.68.